The van der Waals surface area contributed by atoms with Crippen LogP contribution in [-0.4, -0.2) is 17.1 Å². The molecule has 14 heavy (non-hydrogen) atoms. The van der Waals surface area contributed by atoms with Crippen LogP contribution in [-0.2, 0) is 0 Å². The van der Waals surface area contributed by atoms with Crippen molar-refractivity contribution in [3.63, 3.8) is 0 Å². The van der Waals surface area contributed by atoms with Gasteiger partial charge in [-0.15, -0.1) is 0 Å². The summed E-state index contributed by atoms with van der Waals surface area (Å²) in [6.07, 6.45) is 4.15. The van der Waals surface area contributed by atoms with E-state index < -0.39 is 0 Å². The van der Waals surface area contributed by atoms with Gasteiger partial charge in [-0.25, -0.2) is 4.98 Å². The van der Waals surface area contributed by atoms with Crippen molar-refractivity contribution in [3.05, 3.63) is 24.0 Å². The summed E-state index contributed by atoms with van der Waals surface area (Å²) in [6, 6.07) is 3.74. The highest BCUT2D eigenvalue weighted by Crippen LogP contribution is 2.34. The van der Waals surface area contributed by atoms with Gasteiger partial charge in [0.2, 0.25) is 0 Å². The largest absolute Gasteiger partial charge is 0.363 e. The minimum Gasteiger partial charge on any atom is -0.363 e. The minimum absolute atomic E-state index is 0.0590. The van der Waals surface area contributed by atoms with Crippen LogP contribution in [0.2, 0.25) is 0 Å². The average Bonchev–Trinajstić information content (AvgIpc) is 3.01. The number of carbonyl (C=O) groups is 1. The molecule has 1 atom stereocenters. The van der Waals surface area contributed by atoms with Crippen molar-refractivity contribution in [1.29, 1.82) is 0 Å². The van der Waals surface area contributed by atoms with Gasteiger partial charge in [0, 0.05) is 6.20 Å². The zero-order valence-corrected chi connectivity index (χ0v) is 7.66. The highest BCUT2D eigenvalue weighted by Gasteiger charge is 2.36. The van der Waals surface area contributed by atoms with Gasteiger partial charge in [0.1, 0.15) is 6.17 Å². The summed E-state index contributed by atoms with van der Waals surface area (Å²) in [4.78, 5) is 15.7. The van der Waals surface area contributed by atoms with Gasteiger partial charge in [0.15, 0.2) is 5.69 Å². The highest BCUT2D eigenvalue weighted by molar-refractivity contribution is 5.99. The number of amides is 1. The molecule has 72 valence electrons. The van der Waals surface area contributed by atoms with Gasteiger partial charge in [0.05, 0.1) is 5.69 Å². The first-order valence-corrected chi connectivity index (χ1v) is 4.87. The lowest BCUT2D eigenvalue weighted by atomic mass is 10.2. The first-order valence-electron chi connectivity index (χ1n) is 4.87. The van der Waals surface area contributed by atoms with Crippen molar-refractivity contribution in [2.45, 2.75) is 19.0 Å². The number of hydrogen-bond donors (Lipinski definition) is 2. The highest BCUT2D eigenvalue weighted by atomic mass is 16.2. The fourth-order valence-electron chi connectivity index (χ4n) is 1.78. The second-order valence-corrected chi connectivity index (χ2v) is 3.83. The molecule has 4 heteroatoms. The number of hydrogen-bond acceptors (Lipinski definition) is 3. The molecule has 0 bridgehead atoms. The van der Waals surface area contributed by atoms with E-state index in [-0.39, 0.29) is 12.1 Å². The van der Waals surface area contributed by atoms with Crippen molar-refractivity contribution >= 4 is 11.6 Å². The Morgan fingerprint density at radius 1 is 1.36 bits per heavy atom. The number of fused-ring (bicyclic) bond motifs is 1. The molecule has 1 saturated carbocycles. The molecule has 0 aromatic carbocycles. The fraction of sp³-hybridized carbons (Fsp3) is 0.400. The van der Waals surface area contributed by atoms with E-state index in [2.05, 4.69) is 15.6 Å². The van der Waals surface area contributed by atoms with Gasteiger partial charge in [0.25, 0.3) is 5.91 Å². The lowest BCUT2D eigenvalue weighted by Gasteiger charge is -2.26. The maximum Gasteiger partial charge on any atom is 0.273 e. The Morgan fingerprint density at radius 3 is 3.00 bits per heavy atom. The number of anilines is 1. The molecule has 0 radical (unpaired) electrons. The second kappa shape index (κ2) is 2.70. The summed E-state index contributed by atoms with van der Waals surface area (Å²) in [6.45, 7) is 0. The fourth-order valence-corrected chi connectivity index (χ4v) is 1.78. The van der Waals surface area contributed by atoms with Crippen LogP contribution in [0.3, 0.4) is 0 Å². The monoisotopic (exact) mass is 189 g/mol. The molecule has 2 aliphatic rings. The van der Waals surface area contributed by atoms with E-state index in [1.807, 2.05) is 12.1 Å². The zero-order chi connectivity index (χ0) is 9.54. The van der Waals surface area contributed by atoms with Gasteiger partial charge in [-0.05, 0) is 30.9 Å². The first kappa shape index (κ1) is 7.79. The van der Waals surface area contributed by atoms with Crippen molar-refractivity contribution in [2.24, 2.45) is 5.92 Å². The van der Waals surface area contributed by atoms with E-state index in [0.29, 0.717) is 11.6 Å². The third kappa shape index (κ3) is 1.14. The van der Waals surface area contributed by atoms with Crippen LogP contribution in [0.5, 0.6) is 0 Å². The third-order valence-electron chi connectivity index (χ3n) is 2.71. The van der Waals surface area contributed by atoms with E-state index >= 15 is 0 Å². The number of carbonyl (C=O) groups excluding carboxylic acids is 1. The van der Waals surface area contributed by atoms with Crippen molar-refractivity contribution < 1.29 is 4.79 Å². The maximum atomic E-state index is 11.6. The minimum atomic E-state index is -0.0590. The molecular formula is C10H11N3O. The van der Waals surface area contributed by atoms with Gasteiger partial charge in [-0.3, -0.25) is 4.79 Å². The molecular weight excluding hydrogens is 178 g/mol. The normalized spacial score (nSPS) is 24.9. The Morgan fingerprint density at radius 2 is 2.21 bits per heavy atom. The summed E-state index contributed by atoms with van der Waals surface area (Å²) in [7, 11) is 0. The standard InChI is InChI=1S/C10H11N3O/c14-10-8-7(2-1-5-11-8)12-9(13-10)6-3-4-6/h1-2,5-6,9,12H,3-4H2,(H,13,14). The van der Waals surface area contributed by atoms with Gasteiger partial charge >= 0.3 is 0 Å². The second-order valence-electron chi connectivity index (χ2n) is 3.83. The third-order valence-corrected chi connectivity index (χ3v) is 2.71. The SMILES string of the molecule is O=C1NC(C2CC2)Nc2cccnc21. The van der Waals surface area contributed by atoms with Crippen LogP contribution in [0.4, 0.5) is 5.69 Å². The molecule has 3 rings (SSSR count). The number of rotatable bonds is 1. The van der Waals surface area contributed by atoms with Gasteiger partial charge in [-0.2, -0.15) is 0 Å². The summed E-state index contributed by atoms with van der Waals surface area (Å²) < 4.78 is 0. The molecule has 4 nitrogen and oxygen atoms in total. The van der Waals surface area contributed by atoms with Crippen LogP contribution >= 0.6 is 0 Å². The van der Waals surface area contributed by atoms with Gasteiger partial charge in [-0.1, -0.05) is 0 Å². The molecule has 1 fully saturated rings. The summed E-state index contributed by atoms with van der Waals surface area (Å²) in [5, 5.41) is 6.22. The van der Waals surface area contributed by atoms with Crippen LogP contribution < -0.4 is 10.6 Å². The molecule has 1 amide bonds. The van der Waals surface area contributed by atoms with Crippen LogP contribution in [0.1, 0.15) is 23.3 Å². The van der Waals surface area contributed by atoms with E-state index in [1.165, 1.54) is 12.8 Å². The smallest absolute Gasteiger partial charge is 0.273 e. The van der Waals surface area contributed by atoms with E-state index in [1.54, 1.807) is 6.20 Å². The lowest BCUT2D eigenvalue weighted by Crippen LogP contribution is -2.46. The van der Waals surface area contributed by atoms with Crippen molar-refractivity contribution in [1.82, 2.24) is 10.3 Å². The predicted molar refractivity (Wildman–Crippen MR) is 51.8 cm³/mol. The Bertz CT molecular complexity index is 387. The molecule has 1 aliphatic carbocycles. The molecule has 1 aromatic rings. The molecule has 1 aliphatic heterocycles. The maximum absolute atomic E-state index is 11.6. The molecule has 1 aromatic heterocycles. The molecule has 0 saturated heterocycles. The van der Waals surface area contributed by atoms with E-state index in [0.717, 1.165) is 5.69 Å². The molecule has 2 heterocycles. The van der Waals surface area contributed by atoms with Gasteiger partial charge < -0.3 is 10.6 Å². The van der Waals surface area contributed by atoms with Crippen LogP contribution in [0, 0.1) is 5.92 Å². The van der Waals surface area contributed by atoms with Crippen molar-refractivity contribution in [3.8, 4) is 0 Å². The van der Waals surface area contributed by atoms with Crippen molar-refractivity contribution in [2.75, 3.05) is 5.32 Å². The Hall–Kier alpha value is -1.58. The van der Waals surface area contributed by atoms with E-state index in [9.17, 15) is 4.79 Å². The molecule has 1 unspecified atom stereocenters. The number of nitrogens with one attached hydrogen (secondary N) is 2. The Labute approximate surface area is 81.7 Å². The topological polar surface area (TPSA) is 54.0 Å². The van der Waals surface area contributed by atoms with E-state index in [4.69, 9.17) is 0 Å². The summed E-state index contributed by atoms with van der Waals surface area (Å²) in [5.74, 6) is 0.545. The zero-order valence-electron chi connectivity index (χ0n) is 7.66. The quantitative estimate of drug-likeness (QED) is 0.692. The summed E-state index contributed by atoms with van der Waals surface area (Å²) >= 11 is 0. The Kier molecular flexibility index (Phi) is 1.50. The first-order chi connectivity index (χ1) is 6.84. The molecule has 2 N–H and O–H groups in total. The number of aromatic nitrogens is 1. The average molecular weight is 189 g/mol. The lowest BCUT2D eigenvalue weighted by molar-refractivity contribution is 0.0926. The van der Waals surface area contributed by atoms with Crippen LogP contribution in [0.25, 0.3) is 0 Å². The predicted octanol–water partition coefficient (Wildman–Crippen LogP) is 0.973. The van der Waals surface area contributed by atoms with Crippen LogP contribution in [0.15, 0.2) is 18.3 Å². The number of nitrogens with zero attached hydrogens (tertiary/aromatic N) is 1. The molecule has 0 spiro atoms. The number of pyridine rings is 1. The summed E-state index contributed by atoms with van der Waals surface area (Å²) in [5.41, 5.74) is 1.36. The Balaban J connectivity index is 1.95.